The molecule has 3 aromatic rings. The Morgan fingerprint density at radius 2 is 1.97 bits per heavy atom. The van der Waals surface area contributed by atoms with Crippen molar-refractivity contribution in [3.8, 4) is 5.69 Å². The zero-order valence-corrected chi connectivity index (χ0v) is 18.5. The highest BCUT2D eigenvalue weighted by atomic mass is 35.5. The van der Waals surface area contributed by atoms with Crippen molar-refractivity contribution in [1.82, 2.24) is 19.7 Å². The SMILES string of the molecule is Cc1nnc2n1-c1ccccc1C(c1cccc(Cl)c1)=C[C@H]2CC(=O)N1CC2(COC2)C1. The molecule has 4 heterocycles. The fraction of sp³-hybridized carbons (Fsp3) is 0.320. The van der Waals surface area contributed by atoms with Crippen LogP contribution >= 0.6 is 11.6 Å². The molecule has 0 aliphatic carbocycles. The highest BCUT2D eigenvalue weighted by Gasteiger charge is 2.50. The zero-order chi connectivity index (χ0) is 21.9. The van der Waals surface area contributed by atoms with Crippen LogP contribution in [0.4, 0.5) is 0 Å². The lowest BCUT2D eigenvalue weighted by Gasteiger charge is -2.55. The monoisotopic (exact) mass is 446 g/mol. The Kier molecular flexibility index (Phi) is 4.49. The van der Waals surface area contributed by atoms with E-state index < -0.39 is 0 Å². The number of aryl methyl sites for hydroxylation is 1. The van der Waals surface area contributed by atoms with Gasteiger partial charge < -0.3 is 9.64 Å². The number of allylic oxidation sites excluding steroid dienone is 1. The Hall–Kier alpha value is -2.96. The molecule has 1 amide bonds. The van der Waals surface area contributed by atoms with Crippen LogP contribution in [0.2, 0.25) is 5.02 Å². The molecule has 0 unspecified atom stereocenters. The maximum atomic E-state index is 13.2. The molecule has 6 rings (SSSR count). The summed E-state index contributed by atoms with van der Waals surface area (Å²) >= 11 is 6.33. The second-order valence-corrected chi connectivity index (χ2v) is 9.54. The number of aromatic nitrogens is 3. The highest BCUT2D eigenvalue weighted by molar-refractivity contribution is 6.30. The maximum absolute atomic E-state index is 13.2. The topological polar surface area (TPSA) is 60.2 Å². The molecule has 0 N–H and O–H groups in total. The quantitative estimate of drug-likeness (QED) is 0.610. The molecule has 7 heteroatoms. The number of halogens is 1. The third-order valence-electron chi connectivity index (χ3n) is 6.74. The molecule has 1 atom stereocenters. The van der Waals surface area contributed by atoms with Crippen LogP contribution in [-0.2, 0) is 9.53 Å². The summed E-state index contributed by atoms with van der Waals surface area (Å²) in [7, 11) is 0. The van der Waals surface area contributed by atoms with Gasteiger partial charge in [0.2, 0.25) is 5.91 Å². The van der Waals surface area contributed by atoms with E-state index in [-0.39, 0.29) is 17.2 Å². The second kappa shape index (κ2) is 7.29. The van der Waals surface area contributed by atoms with Crippen LogP contribution in [0.15, 0.2) is 54.6 Å². The summed E-state index contributed by atoms with van der Waals surface area (Å²) < 4.78 is 7.43. The first-order chi connectivity index (χ1) is 15.5. The molecule has 1 spiro atoms. The van der Waals surface area contributed by atoms with Gasteiger partial charge in [0.15, 0.2) is 0 Å². The largest absolute Gasteiger partial charge is 0.380 e. The number of carbonyl (C=O) groups excluding carboxylic acids is 1. The molecule has 2 aromatic carbocycles. The average Bonchev–Trinajstić information content (AvgIpc) is 3.03. The minimum Gasteiger partial charge on any atom is -0.380 e. The first-order valence-electron chi connectivity index (χ1n) is 10.9. The molecule has 0 saturated carbocycles. The Morgan fingerprint density at radius 1 is 1.16 bits per heavy atom. The van der Waals surface area contributed by atoms with E-state index in [4.69, 9.17) is 16.3 Å². The third kappa shape index (κ3) is 3.09. The van der Waals surface area contributed by atoms with Gasteiger partial charge in [-0.15, -0.1) is 10.2 Å². The standard InChI is InChI=1S/C25H23ClN4O2/c1-16-27-28-24-18(11-23(31)29-12-25(13-29)14-32-15-25)10-21(17-5-4-6-19(26)9-17)20-7-2-3-8-22(20)30(16)24/h2-10,18H,11-15H2,1H3/t18-/m0/s1. The smallest absolute Gasteiger partial charge is 0.223 e. The van der Waals surface area contributed by atoms with E-state index in [0.717, 1.165) is 60.3 Å². The molecule has 0 bridgehead atoms. The number of para-hydroxylation sites is 1. The molecular formula is C25H23ClN4O2. The lowest BCUT2D eigenvalue weighted by atomic mass is 9.77. The lowest BCUT2D eigenvalue weighted by molar-refractivity contribution is -0.195. The number of hydrogen-bond acceptors (Lipinski definition) is 4. The molecule has 1 aromatic heterocycles. The highest BCUT2D eigenvalue weighted by Crippen LogP contribution is 2.41. The van der Waals surface area contributed by atoms with E-state index in [1.54, 1.807) is 0 Å². The van der Waals surface area contributed by atoms with Gasteiger partial charge in [-0.2, -0.15) is 0 Å². The molecule has 162 valence electrons. The van der Waals surface area contributed by atoms with E-state index >= 15 is 0 Å². The van der Waals surface area contributed by atoms with Crippen molar-refractivity contribution in [3.05, 3.63) is 82.4 Å². The Bertz CT molecular complexity index is 1250. The maximum Gasteiger partial charge on any atom is 0.223 e. The van der Waals surface area contributed by atoms with Gasteiger partial charge in [-0.1, -0.05) is 48.0 Å². The van der Waals surface area contributed by atoms with Crippen LogP contribution in [0.5, 0.6) is 0 Å². The van der Waals surface area contributed by atoms with Crippen LogP contribution < -0.4 is 0 Å². The fourth-order valence-corrected chi connectivity index (χ4v) is 5.26. The lowest BCUT2D eigenvalue weighted by Crippen LogP contribution is -2.67. The molecule has 32 heavy (non-hydrogen) atoms. The number of rotatable bonds is 3. The van der Waals surface area contributed by atoms with Crippen molar-refractivity contribution in [3.63, 3.8) is 0 Å². The number of carbonyl (C=O) groups is 1. The van der Waals surface area contributed by atoms with Crippen molar-refractivity contribution < 1.29 is 9.53 Å². The number of nitrogens with zero attached hydrogens (tertiary/aromatic N) is 4. The average molecular weight is 447 g/mol. The summed E-state index contributed by atoms with van der Waals surface area (Å²) in [4.78, 5) is 15.1. The van der Waals surface area contributed by atoms with Crippen LogP contribution in [0.1, 0.15) is 35.1 Å². The minimum atomic E-state index is -0.195. The van der Waals surface area contributed by atoms with Crippen LogP contribution in [-0.4, -0.2) is 51.9 Å². The van der Waals surface area contributed by atoms with Gasteiger partial charge in [-0.05, 0) is 36.3 Å². The van der Waals surface area contributed by atoms with E-state index in [1.165, 1.54) is 0 Å². The van der Waals surface area contributed by atoms with Gasteiger partial charge in [0.05, 0.1) is 24.3 Å². The zero-order valence-electron chi connectivity index (χ0n) is 17.8. The molecule has 0 radical (unpaired) electrons. The van der Waals surface area contributed by atoms with E-state index in [1.807, 2.05) is 42.2 Å². The first kappa shape index (κ1) is 19.7. The van der Waals surface area contributed by atoms with Gasteiger partial charge in [-0.3, -0.25) is 9.36 Å². The molecular weight excluding hydrogens is 424 g/mol. The third-order valence-corrected chi connectivity index (χ3v) is 6.97. The van der Waals surface area contributed by atoms with Crippen molar-refractivity contribution in [2.24, 2.45) is 5.41 Å². The summed E-state index contributed by atoms with van der Waals surface area (Å²) in [5.41, 5.74) is 4.36. The normalized spacial score (nSPS) is 20.5. The number of ether oxygens (including phenoxy) is 1. The number of benzene rings is 2. The molecule has 2 fully saturated rings. The second-order valence-electron chi connectivity index (χ2n) is 9.10. The summed E-state index contributed by atoms with van der Waals surface area (Å²) in [5.74, 6) is 1.55. The Balaban J connectivity index is 1.43. The first-order valence-corrected chi connectivity index (χ1v) is 11.3. The minimum absolute atomic E-state index is 0.146. The van der Waals surface area contributed by atoms with Gasteiger partial charge in [0, 0.05) is 36.0 Å². The van der Waals surface area contributed by atoms with Gasteiger partial charge in [0.1, 0.15) is 11.6 Å². The Morgan fingerprint density at radius 3 is 2.72 bits per heavy atom. The number of amides is 1. The fourth-order valence-electron chi connectivity index (χ4n) is 5.07. The van der Waals surface area contributed by atoms with Gasteiger partial charge in [0.25, 0.3) is 0 Å². The summed E-state index contributed by atoms with van der Waals surface area (Å²) in [6.45, 7) is 5.06. The summed E-state index contributed by atoms with van der Waals surface area (Å²) in [6, 6.07) is 16.1. The number of fused-ring (bicyclic) bond motifs is 3. The van der Waals surface area contributed by atoms with Crippen LogP contribution in [0, 0.1) is 12.3 Å². The van der Waals surface area contributed by atoms with Crippen molar-refractivity contribution in [2.75, 3.05) is 26.3 Å². The molecule has 3 aliphatic heterocycles. The van der Waals surface area contributed by atoms with Crippen molar-refractivity contribution in [1.29, 1.82) is 0 Å². The van der Waals surface area contributed by atoms with E-state index in [2.05, 4.69) is 39.0 Å². The van der Waals surface area contributed by atoms with E-state index in [0.29, 0.717) is 11.4 Å². The van der Waals surface area contributed by atoms with Gasteiger partial charge >= 0.3 is 0 Å². The van der Waals surface area contributed by atoms with Gasteiger partial charge in [-0.25, -0.2) is 0 Å². The van der Waals surface area contributed by atoms with E-state index in [9.17, 15) is 4.79 Å². The Labute approximate surface area is 191 Å². The predicted molar refractivity (Wildman–Crippen MR) is 122 cm³/mol. The number of hydrogen-bond donors (Lipinski definition) is 0. The molecule has 3 aliphatic rings. The molecule has 6 nitrogen and oxygen atoms in total. The summed E-state index contributed by atoms with van der Waals surface area (Å²) in [5, 5.41) is 9.54. The van der Waals surface area contributed by atoms with Crippen LogP contribution in [0.3, 0.4) is 0 Å². The number of likely N-dealkylation sites (tertiary alicyclic amines) is 1. The van der Waals surface area contributed by atoms with Crippen molar-refractivity contribution in [2.45, 2.75) is 19.3 Å². The van der Waals surface area contributed by atoms with Crippen LogP contribution in [0.25, 0.3) is 11.3 Å². The predicted octanol–water partition coefficient (Wildman–Crippen LogP) is 4.01. The van der Waals surface area contributed by atoms with Crippen molar-refractivity contribution >= 4 is 23.1 Å². The summed E-state index contributed by atoms with van der Waals surface area (Å²) in [6.07, 6.45) is 2.52. The molecule has 2 saturated heterocycles.